The molecule has 4 nitrogen and oxygen atoms in total. The molecule has 3 rings (SSSR count). The van der Waals surface area contributed by atoms with E-state index in [1.54, 1.807) is 23.5 Å². The van der Waals surface area contributed by atoms with Gasteiger partial charge in [-0.2, -0.15) is 11.3 Å². The standard InChI is InChI=1S/C16H16N2O2S/c19-15-10-14(17-8-6-12-7-9-21-11-12)16(20)18(15)13-4-2-1-3-5-13/h1-5,7,9,11,14,17H,6,8,10H2. The van der Waals surface area contributed by atoms with E-state index < -0.39 is 6.04 Å². The van der Waals surface area contributed by atoms with Crippen molar-refractivity contribution in [3.63, 3.8) is 0 Å². The Labute approximate surface area is 127 Å². The fourth-order valence-corrected chi connectivity index (χ4v) is 3.17. The lowest BCUT2D eigenvalue weighted by Crippen LogP contribution is -2.39. The quantitative estimate of drug-likeness (QED) is 0.861. The van der Waals surface area contributed by atoms with E-state index in [9.17, 15) is 9.59 Å². The van der Waals surface area contributed by atoms with Crippen molar-refractivity contribution in [2.45, 2.75) is 18.9 Å². The first-order valence-electron chi connectivity index (χ1n) is 6.92. The van der Waals surface area contributed by atoms with E-state index in [-0.39, 0.29) is 18.2 Å². The van der Waals surface area contributed by atoms with Gasteiger partial charge in [0.25, 0.3) is 5.91 Å². The highest BCUT2D eigenvalue weighted by Gasteiger charge is 2.38. The number of anilines is 1. The van der Waals surface area contributed by atoms with Crippen molar-refractivity contribution >= 4 is 28.8 Å². The summed E-state index contributed by atoms with van der Waals surface area (Å²) in [6.45, 7) is 0.697. The summed E-state index contributed by atoms with van der Waals surface area (Å²) < 4.78 is 0. The number of thiophene rings is 1. The second-order valence-electron chi connectivity index (χ2n) is 5.00. The predicted octanol–water partition coefficient (Wildman–Crippen LogP) is 2.21. The van der Waals surface area contributed by atoms with Crippen LogP contribution in [0.5, 0.6) is 0 Å². The molecule has 2 heterocycles. The molecule has 0 aliphatic carbocycles. The van der Waals surface area contributed by atoms with Crippen LogP contribution in [0.1, 0.15) is 12.0 Å². The maximum absolute atomic E-state index is 12.4. The predicted molar refractivity (Wildman–Crippen MR) is 83.4 cm³/mol. The zero-order chi connectivity index (χ0) is 14.7. The van der Waals surface area contributed by atoms with Crippen LogP contribution in [0.15, 0.2) is 47.2 Å². The third-order valence-corrected chi connectivity index (χ3v) is 4.28. The molecule has 1 aliphatic heterocycles. The highest BCUT2D eigenvalue weighted by molar-refractivity contribution is 7.07. The van der Waals surface area contributed by atoms with Gasteiger partial charge in [0.1, 0.15) is 0 Å². The number of imide groups is 1. The number of hydrogen-bond acceptors (Lipinski definition) is 4. The van der Waals surface area contributed by atoms with E-state index in [1.807, 2.05) is 23.6 Å². The number of carbonyl (C=O) groups excluding carboxylic acids is 2. The van der Waals surface area contributed by atoms with Crippen LogP contribution in [0, 0.1) is 0 Å². The number of nitrogens with zero attached hydrogens (tertiary/aromatic N) is 1. The Morgan fingerprint density at radius 1 is 1.19 bits per heavy atom. The minimum absolute atomic E-state index is 0.140. The number of carbonyl (C=O) groups is 2. The van der Waals surface area contributed by atoms with Gasteiger partial charge in [0, 0.05) is 0 Å². The van der Waals surface area contributed by atoms with Crippen molar-refractivity contribution in [1.29, 1.82) is 0 Å². The van der Waals surface area contributed by atoms with Gasteiger partial charge in [0.15, 0.2) is 0 Å². The highest BCUT2D eigenvalue weighted by Crippen LogP contribution is 2.22. The van der Waals surface area contributed by atoms with Gasteiger partial charge in [-0.25, -0.2) is 4.90 Å². The third-order valence-electron chi connectivity index (χ3n) is 3.55. The normalized spacial score (nSPS) is 18.5. The molecule has 0 saturated carbocycles. The minimum Gasteiger partial charge on any atom is -0.305 e. The Kier molecular flexibility index (Phi) is 4.13. The monoisotopic (exact) mass is 300 g/mol. The van der Waals surface area contributed by atoms with Crippen LogP contribution >= 0.6 is 11.3 Å². The van der Waals surface area contributed by atoms with Gasteiger partial charge < -0.3 is 5.32 Å². The summed E-state index contributed by atoms with van der Waals surface area (Å²) >= 11 is 1.66. The maximum Gasteiger partial charge on any atom is 0.251 e. The van der Waals surface area contributed by atoms with Crippen LogP contribution < -0.4 is 10.2 Å². The van der Waals surface area contributed by atoms with Crippen LogP contribution in [-0.4, -0.2) is 24.4 Å². The second kappa shape index (κ2) is 6.20. The highest BCUT2D eigenvalue weighted by atomic mass is 32.1. The first-order valence-corrected chi connectivity index (χ1v) is 7.86. The van der Waals surface area contributed by atoms with E-state index in [2.05, 4.69) is 16.8 Å². The Bertz CT molecular complexity index is 625. The molecule has 108 valence electrons. The molecule has 0 bridgehead atoms. The number of para-hydroxylation sites is 1. The number of hydrogen-bond donors (Lipinski definition) is 1. The lowest BCUT2D eigenvalue weighted by Gasteiger charge is -2.15. The summed E-state index contributed by atoms with van der Waals surface area (Å²) in [6, 6.07) is 10.7. The molecule has 0 spiro atoms. The third kappa shape index (κ3) is 3.04. The van der Waals surface area contributed by atoms with Gasteiger partial charge in [-0.05, 0) is 47.5 Å². The van der Waals surface area contributed by atoms with Crippen molar-refractivity contribution in [2.24, 2.45) is 0 Å². The van der Waals surface area contributed by atoms with E-state index in [0.29, 0.717) is 12.2 Å². The first-order chi connectivity index (χ1) is 10.3. The summed E-state index contributed by atoms with van der Waals surface area (Å²) in [7, 11) is 0. The minimum atomic E-state index is -0.406. The summed E-state index contributed by atoms with van der Waals surface area (Å²) in [4.78, 5) is 25.7. The molecule has 5 heteroatoms. The molecule has 1 unspecified atom stereocenters. The average Bonchev–Trinajstić information content (AvgIpc) is 3.09. The summed E-state index contributed by atoms with van der Waals surface area (Å²) in [5.41, 5.74) is 1.90. The van der Waals surface area contributed by atoms with E-state index >= 15 is 0 Å². The van der Waals surface area contributed by atoms with Crippen molar-refractivity contribution < 1.29 is 9.59 Å². The number of nitrogens with one attached hydrogen (secondary N) is 1. The molecular weight excluding hydrogens is 284 g/mol. The number of rotatable bonds is 5. The van der Waals surface area contributed by atoms with E-state index in [1.165, 1.54) is 10.5 Å². The van der Waals surface area contributed by atoms with Crippen LogP contribution in [0.25, 0.3) is 0 Å². The molecule has 2 aromatic rings. The second-order valence-corrected chi connectivity index (χ2v) is 5.78. The molecule has 1 aromatic carbocycles. The van der Waals surface area contributed by atoms with Crippen molar-refractivity contribution in [3.8, 4) is 0 Å². The van der Waals surface area contributed by atoms with Crippen LogP contribution in [0.2, 0.25) is 0 Å². The Morgan fingerprint density at radius 2 is 2.00 bits per heavy atom. The fraction of sp³-hybridized carbons (Fsp3) is 0.250. The summed E-state index contributed by atoms with van der Waals surface area (Å²) in [5, 5.41) is 7.33. The first kappa shape index (κ1) is 14.0. The summed E-state index contributed by atoms with van der Waals surface area (Å²) in [6.07, 6.45) is 1.10. The molecule has 2 amide bonds. The SMILES string of the molecule is O=C1CC(NCCc2ccsc2)C(=O)N1c1ccccc1. The van der Waals surface area contributed by atoms with Gasteiger partial charge in [-0.15, -0.1) is 0 Å². The van der Waals surface area contributed by atoms with E-state index in [4.69, 9.17) is 0 Å². The van der Waals surface area contributed by atoms with Gasteiger partial charge >= 0.3 is 0 Å². The molecular formula is C16H16N2O2S. The lowest BCUT2D eigenvalue weighted by atomic mass is 10.2. The van der Waals surface area contributed by atoms with Crippen LogP contribution in [0.3, 0.4) is 0 Å². The van der Waals surface area contributed by atoms with E-state index in [0.717, 1.165) is 6.42 Å². The molecule has 0 radical (unpaired) electrons. The molecule has 1 N–H and O–H groups in total. The zero-order valence-corrected chi connectivity index (χ0v) is 12.3. The zero-order valence-electron chi connectivity index (χ0n) is 11.5. The Balaban J connectivity index is 1.61. The molecule has 21 heavy (non-hydrogen) atoms. The maximum atomic E-state index is 12.4. The van der Waals surface area contributed by atoms with Gasteiger partial charge in [0.05, 0.1) is 18.2 Å². The lowest BCUT2D eigenvalue weighted by molar-refractivity contribution is -0.121. The molecule has 1 aromatic heterocycles. The Hall–Kier alpha value is -1.98. The van der Waals surface area contributed by atoms with Crippen LogP contribution in [-0.2, 0) is 16.0 Å². The van der Waals surface area contributed by atoms with Crippen molar-refractivity contribution in [3.05, 3.63) is 52.7 Å². The topological polar surface area (TPSA) is 49.4 Å². The average molecular weight is 300 g/mol. The van der Waals surface area contributed by atoms with Crippen molar-refractivity contribution in [1.82, 2.24) is 5.32 Å². The number of amides is 2. The Morgan fingerprint density at radius 3 is 2.71 bits per heavy atom. The van der Waals surface area contributed by atoms with Crippen LogP contribution in [0.4, 0.5) is 5.69 Å². The molecule has 1 atom stereocenters. The molecule has 1 fully saturated rings. The van der Waals surface area contributed by atoms with Gasteiger partial charge in [-0.3, -0.25) is 9.59 Å². The fourth-order valence-electron chi connectivity index (χ4n) is 2.47. The largest absolute Gasteiger partial charge is 0.305 e. The van der Waals surface area contributed by atoms with Gasteiger partial charge in [0.2, 0.25) is 5.91 Å². The smallest absolute Gasteiger partial charge is 0.251 e. The molecule has 1 saturated heterocycles. The van der Waals surface area contributed by atoms with Gasteiger partial charge in [-0.1, -0.05) is 18.2 Å². The number of benzene rings is 1. The summed E-state index contributed by atoms with van der Waals surface area (Å²) in [5.74, 6) is -0.296. The molecule has 1 aliphatic rings. The van der Waals surface area contributed by atoms with Crippen molar-refractivity contribution in [2.75, 3.05) is 11.4 Å².